The van der Waals surface area contributed by atoms with E-state index in [0.717, 1.165) is 6.08 Å². The highest BCUT2D eigenvalue weighted by atomic mass is 19.2. The second-order valence-corrected chi connectivity index (χ2v) is 4.22. The van der Waals surface area contributed by atoms with Gasteiger partial charge in [0.2, 0.25) is 0 Å². The van der Waals surface area contributed by atoms with Crippen LogP contribution >= 0.6 is 0 Å². The molecule has 0 saturated heterocycles. The largest absolute Gasteiger partial charge is 0.796 e. The summed E-state index contributed by atoms with van der Waals surface area (Å²) in [7, 11) is -1.52. The van der Waals surface area contributed by atoms with Crippen LogP contribution < -0.4 is 4.74 Å². The third-order valence-corrected chi connectivity index (χ3v) is 2.82. The van der Waals surface area contributed by atoms with Gasteiger partial charge in [-0.05, 0) is 36.4 Å². The van der Waals surface area contributed by atoms with Crippen LogP contribution in [-0.4, -0.2) is 25.3 Å². The predicted molar refractivity (Wildman–Crippen MR) is 78.6 cm³/mol. The lowest BCUT2D eigenvalue weighted by Crippen LogP contribution is -2.06. The lowest BCUT2D eigenvalue weighted by molar-refractivity contribution is 0.104. The minimum absolute atomic E-state index is 0.210. The van der Waals surface area contributed by atoms with Crippen LogP contribution in [0.2, 0.25) is 0 Å². The summed E-state index contributed by atoms with van der Waals surface area (Å²) in [6.45, 7) is 0. The Balaban J connectivity index is 2.29. The van der Waals surface area contributed by atoms with Gasteiger partial charge in [-0.1, -0.05) is 0 Å². The van der Waals surface area contributed by atoms with Gasteiger partial charge in [0.05, 0.1) is 7.11 Å². The summed E-state index contributed by atoms with van der Waals surface area (Å²) in [5, 5.41) is 0. The lowest BCUT2D eigenvalue weighted by Gasteiger charge is -2.08. The number of benzene rings is 1. The fourth-order valence-corrected chi connectivity index (χ4v) is 1.76. The number of rotatable bonds is 6. The summed E-state index contributed by atoms with van der Waals surface area (Å²) in [4.78, 5) is 15.9. The molecule has 0 unspecified atom stereocenters. The molecule has 0 amide bonds. The number of hydrogen-bond acceptors (Lipinski definition) is 4. The molecule has 2 rings (SSSR count). The zero-order valence-corrected chi connectivity index (χ0v) is 11.7. The van der Waals surface area contributed by atoms with Crippen molar-refractivity contribution in [1.29, 1.82) is 0 Å². The zero-order chi connectivity index (χ0) is 15.9. The first-order chi connectivity index (χ1) is 10.6. The van der Waals surface area contributed by atoms with Gasteiger partial charge >= 0.3 is 7.47 Å². The van der Waals surface area contributed by atoms with E-state index in [1.54, 1.807) is 24.3 Å². The molecule has 0 aliphatic rings. The normalized spacial score (nSPS) is 11.0. The standard InChI is InChI=1S/C15H12BF2NO3/c1-21-13-4-2-11(3-5-13)14(20)10-15(22-16(17)18)12-6-8-19-9-7-12/h2-10H,1H3/b15-10-. The summed E-state index contributed by atoms with van der Waals surface area (Å²) in [6, 6.07) is 9.28. The number of ketones is 1. The Hall–Kier alpha value is -2.70. The van der Waals surface area contributed by atoms with Crippen molar-refractivity contribution < 1.29 is 22.8 Å². The predicted octanol–water partition coefficient (Wildman–Crippen LogP) is 3.25. The molecule has 0 aliphatic carbocycles. The van der Waals surface area contributed by atoms with Gasteiger partial charge in [-0.3, -0.25) is 9.78 Å². The first-order valence-electron chi connectivity index (χ1n) is 6.35. The molecular weight excluding hydrogens is 291 g/mol. The molecule has 0 atom stereocenters. The van der Waals surface area contributed by atoms with Crippen LogP contribution in [0, 0.1) is 0 Å². The summed E-state index contributed by atoms with van der Waals surface area (Å²) >= 11 is 0. The molecule has 0 aliphatic heterocycles. The number of nitrogens with zero attached hydrogens (tertiary/aromatic N) is 1. The number of pyridine rings is 1. The van der Waals surface area contributed by atoms with Crippen molar-refractivity contribution >= 4 is 19.0 Å². The maximum absolute atomic E-state index is 12.5. The first-order valence-corrected chi connectivity index (χ1v) is 6.35. The van der Waals surface area contributed by atoms with Crippen molar-refractivity contribution in [2.24, 2.45) is 0 Å². The number of carbonyl (C=O) groups is 1. The monoisotopic (exact) mass is 303 g/mol. The van der Waals surface area contributed by atoms with Crippen LogP contribution in [0.1, 0.15) is 15.9 Å². The Bertz CT molecular complexity index is 660. The number of carbonyl (C=O) groups excluding carboxylic acids is 1. The number of ether oxygens (including phenoxy) is 1. The summed E-state index contributed by atoms with van der Waals surface area (Å²) in [5.74, 6) is -0.0629. The molecule has 0 fully saturated rings. The lowest BCUT2D eigenvalue weighted by atomic mass is 10.1. The number of halogens is 2. The molecule has 22 heavy (non-hydrogen) atoms. The van der Waals surface area contributed by atoms with Gasteiger partial charge in [-0.2, -0.15) is 0 Å². The zero-order valence-electron chi connectivity index (χ0n) is 11.7. The molecule has 1 aromatic carbocycles. The molecule has 2 aromatic rings. The third-order valence-electron chi connectivity index (χ3n) is 2.82. The number of aromatic nitrogens is 1. The van der Waals surface area contributed by atoms with E-state index in [2.05, 4.69) is 9.64 Å². The Morgan fingerprint density at radius 2 is 1.73 bits per heavy atom. The van der Waals surface area contributed by atoms with Gasteiger partial charge in [0.25, 0.3) is 0 Å². The SMILES string of the molecule is COc1ccc(C(=O)/C=C(\OB(F)F)c2ccncc2)cc1. The minimum atomic E-state index is -3.02. The van der Waals surface area contributed by atoms with E-state index in [1.165, 1.54) is 31.6 Å². The molecule has 1 heterocycles. The molecule has 4 nitrogen and oxygen atoms in total. The van der Waals surface area contributed by atoms with Crippen molar-refractivity contribution in [2.75, 3.05) is 7.11 Å². The topological polar surface area (TPSA) is 48.4 Å². The molecule has 0 N–H and O–H groups in total. The van der Waals surface area contributed by atoms with E-state index in [1.807, 2.05) is 0 Å². The molecule has 0 saturated carbocycles. The Morgan fingerprint density at radius 1 is 1.09 bits per heavy atom. The van der Waals surface area contributed by atoms with E-state index in [4.69, 9.17) is 4.74 Å². The summed E-state index contributed by atoms with van der Waals surface area (Å²) < 4.78 is 34.5. The van der Waals surface area contributed by atoms with Crippen LogP contribution in [0.3, 0.4) is 0 Å². The van der Waals surface area contributed by atoms with Crippen molar-refractivity contribution in [3.63, 3.8) is 0 Å². The number of methoxy groups -OCH3 is 1. The average Bonchev–Trinajstić information content (AvgIpc) is 2.54. The average molecular weight is 303 g/mol. The van der Waals surface area contributed by atoms with Gasteiger partial charge in [0.1, 0.15) is 11.5 Å². The smallest absolute Gasteiger partial charge is 0.505 e. The molecular formula is C15H12BF2NO3. The molecule has 0 bridgehead atoms. The maximum atomic E-state index is 12.5. The minimum Gasteiger partial charge on any atom is -0.505 e. The Morgan fingerprint density at radius 3 is 2.27 bits per heavy atom. The second-order valence-electron chi connectivity index (χ2n) is 4.22. The van der Waals surface area contributed by atoms with E-state index in [-0.39, 0.29) is 5.76 Å². The van der Waals surface area contributed by atoms with E-state index >= 15 is 0 Å². The third kappa shape index (κ3) is 4.15. The highest BCUT2D eigenvalue weighted by molar-refractivity contribution is 6.36. The maximum Gasteiger partial charge on any atom is 0.796 e. The number of allylic oxidation sites excluding steroid dienone is 1. The first kappa shape index (κ1) is 15.7. The summed E-state index contributed by atoms with van der Waals surface area (Å²) in [6.07, 6.45) is 3.88. The highest BCUT2D eigenvalue weighted by Gasteiger charge is 2.21. The van der Waals surface area contributed by atoms with E-state index in [9.17, 15) is 13.4 Å². The number of hydrogen-bond donors (Lipinski definition) is 0. The molecule has 0 spiro atoms. The van der Waals surface area contributed by atoms with E-state index < -0.39 is 13.3 Å². The quantitative estimate of drug-likeness (QED) is 0.356. The molecule has 7 heteroatoms. The molecule has 1 aromatic heterocycles. The molecule has 112 valence electrons. The Labute approximate surface area is 126 Å². The van der Waals surface area contributed by atoms with Crippen LogP contribution in [0.15, 0.2) is 54.9 Å². The van der Waals surface area contributed by atoms with Crippen molar-refractivity contribution in [1.82, 2.24) is 4.98 Å². The van der Waals surface area contributed by atoms with Gasteiger partial charge in [0.15, 0.2) is 5.78 Å². The van der Waals surface area contributed by atoms with E-state index in [0.29, 0.717) is 16.9 Å². The van der Waals surface area contributed by atoms with Crippen LogP contribution in [0.25, 0.3) is 5.76 Å². The Kier molecular flexibility index (Phi) is 5.24. The van der Waals surface area contributed by atoms with Crippen molar-refractivity contribution in [3.8, 4) is 5.75 Å². The van der Waals surface area contributed by atoms with Crippen molar-refractivity contribution in [3.05, 3.63) is 66.0 Å². The van der Waals surface area contributed by atoms with Gasteiger partial charge in [-0.25, -0.2) is 8.63 Å². The highest BCUT2D eigenvalue weighted by Crippen LogP contribution is 2.19. The van der Waals surface area contributed by atoms with Gasteiger partial charge in [0, 0.05) is 29.6 Å². The molecule has 0 radical (unpaired) electrons. The second kappa shape index (κ2) is 7.35. The fourth-order valence-electron chi connectivity index (χ4n) is 1.76. The fraction of sp³-hybridized carbons (Fsp3) is 0.0667. The van der Waals surface area contributed by atoms with Gasteiger partial charge < -0.3 is 9.39 Å². The van der Waals surface area contributed by atoms with Crippen molar-refractivity contribution in [2.45, 2.75) is 0 Å². The van der Waals surface area contributed by atoms with Gasteiger partial charge in [-0.15, -0.1) is 0 Å². The van der Waals surface area contributed by atoms with Crippen LogP contribution in [0.4, 0.5) is 8.63 Å². The summed E-state index contributed by atoms with van der Waals surface area (Å²) in [5.41, 5.74) is 0.683. The van der Waals surface area contributed by atoms with Crippen LogP contribution in [0.5, 0.6) is 5.75 Å². The van der Waals surface area contributed by atoms with Crippen LogP contribution in [-0.2, 0) is 4.65 Å².